The van der Waals surface area contributed by atoms with Crippen LogP contribution < -0.4 is 5.32 Å². The Morgan fingerprint density at radius 3 is 2.45 bits per heavy atom. The Morgan fingerprint density at radius 2 is 1.90 bits per heavy atom. The number of hydrogen-bond acceptors (Lipinski definition) is 3. The van der Waals surface area contributed by atoms with Gasteiger partial charge in [0.2, 0.25) is 5.91 Å². The van der Waals surface area contributed by atoms with Crippen LogP contribution in [0.4, 0.5) is 0 Å². The van der Waals surface area contributed by atoms with Gasteiger partial charge in [0.05, 0.1) is 0 Å². The van der Waals surface area contributed by atoms with Gasteiger partial charge in [0, 0.05) is 36.8 Å². The summed E-state index contributed by atoms with van der Waals surface area (Å²) in [4.78, 5) is 14.0. The summed E-state index contributed by atoms with van der Waals surface area (Å²) in [7, 11) is 0. The highest BCUT2D eigenvalue weighted by Crippen LogP contribution is 2.33. The number of carbonyl (C=O) groups excluding carboxylic acids is 1. The van der Waals surface area contributed by atoms with E-state index in [1.165, 1.54) is 17.9 Å². The Bertz CT molecular complexity index is 335. The molecule has 0 spiro atoms. The molecule has 1 amide bonds. The summed E-state index contributed by atoms with van der Waals surface area (Å²) >= 11 is 2.08. The van der Waals surface area contributed by atoms with Gasteiger partial charge in [0.25, 0.3) is 0 Å². The highest BCUT2D eigenvalue weighted by Gasteiger charge is 2.31. The number of amides is 1. The smallest absolute Gasteiger partial charge is 0.225 e. The van der Waals surface area contributed by atoms with Crippen molar-refractivity contribution in [3.8, 4) is 0 Å². The third kappa shape index (κ3) is 4.39. The van der Waals surface area contributed by atoms with Crippen molar-refractivity contribution in [2.75, 3.05) is 24.6 Å². The number of likely N-dealkylation sites (tertiary alicyclic amines) is 1. The molecule has 2 fully saturated rings. The molecule has 116 valence electrons. The van der Waals surface area contributed by atoms with Crippen LogP contribution in [-0.4, -0.2) is 47.5 Å². The Balaban J connectivity index is 1.76. The average molecular weight is 298 g/mol. The number of hydrogen-bond donors (Lipinski definition) is 1. The monoisotopic (exact) mass is 298 g/mol. The van der Waals surface area contributed by atoms with E-state index in [1.807, 2.05) is 18.7 Å². The molecule has 1 atom stereocenters. The molecule has 0 saturated carbocycles. The van der Waals surface area contributed by atoms with Crippen molar-refractivity contribution < 1.29 is 4.79 Å². The van der Waals surface area contributed by atoms with Gasteiger partial charge in [-0.3, -0.25) is 4.79 Å². The highest BCUT2D eigenvalue weighted by atomic mass is 32.2. The van der Waals surface area contributed by atoms with E-state index in [0.717, 1.165) is 25.9 Å². The van der Waals surface area contributed by atoms with E-state index >= 15 is 0 Å². The summed E-state index contributed by atoms with van der Waals surface area (Å²) < 4.78 is 0. The fourth-order valence-electron chi connectivity index (χ4n) is 3.33. The Kier molecular flexibility index (Phi) is 5.41. The van der Waals surface area contributed by atoms with Gasteiger partial charge >= 0.3 is 0 Å². The maximum atomic E-state index is 12.0. The van der Waals surface area contributed by atoms with E-state index in [9.17, 15) is 4.79 Å². The molecule has 2 aliphatic heterocycles. The van der Waals surface area contributed by atoms with Crippen molar-refractivity contribution in [3.05, 3.63) is 0 Å². The second kappa shape index (κ2) is 6.69. The second-order valence-electron chi connectivity index (χ2n) is 7.50. The lowest BCUT2D eigenvalue weighted by atomic mass is 9.87. The summed E-state index contributed by atoms with van der Waals surface area (Å²) in [6.07, 6.45) is 3.51. The van der Waals surface area contributed by atoms with E-state index in [0.29, 0.717) is 23.4 Å². The molecule has 0 radical (unpaired) electrons. The Labute approximate surface area is 128 Å². The molecule has 4 heteroatoms. The van der Waals surface area contributed by atoms with Gasteiger partial charge in [-0.05, 0) is 30.4 Å². The molecular formula is C16H30N2OS. The normalized spacial score (nSPS) is 27.9. The number of thioether (sulfide) groups is 1. The van der Waals surface area contributed by atoms with Crippen molar-refractivity contribution >= 4 is 17.7 Å². The van der Waals surface area contributed by atoms with Gasteiger partial charge in [0.1, 0.15) is 0 Å². The molecule has 2 rings (SSSR count). The minimum atomic E-state index is 0.134. The zero-order valence-electron chi connectivity index (χ0n) is 13.4. The first-order valence-corrected chi connectivity index (χ1v) is 9.15. The first kappa shape index (κ1) is 16.2. The Morgan fingerprint density at radius 1 is 1.25 bits per heavy atom. The van der Waals surface area contributed by atoms with Crippen LogP contribution in [0.15, 0.2) is 0 Å². The molecule has 2 aliphatic rings. The molecule has 0 aromatic carbocycles. The van der Waals surface area contributed by atoms with Crippen LogP contribution in [0, 0.1) is 11.3 Å². The molecule has 1 unspecified atom stereocenters. The Hall–Kier alpha value is -0.220. The summed E-state index contributed by atoms with van der Waals surface area (Å²) in [5.41, 5.74) is 0.467. The molecule has 2 heterocycles. The average Bonchev–Trinajstić information content (AvgIpc) is 2.37. The third-order valence-corrected chi connectivity index (χ3v) is 6.01. The minimum absolute atomic E-state index is 0.134. The first-order valence-electron chi connectivity index (χ1n) is 8.00. The number of piperidine rings is 1. The SMILES string of the molecule is CC(C)C(=O)N1CCC(NC2CSCC(C)(C)C2)CC1. The zero-order valence-corrected chi connectivity index (χ0v) is 14.3. The van der Waals surface area contributed by atoms with Crippen LogP contribution in [0.2, 0.25) is 0 Å². The summed E-state index contributed by atoms with van der Waals surface area (Å²) in [6, 6.07) is 1.26. The molecule has 0 aromatic heterocycles. The van der Waals surface area contributed by atoms with Crippen molar-refractivity contribution in [2.24, 2.45) is 11.3 Å². The maximum absolute atomic E-state index is 12.0. The van der Waals surface area contributed by atoms with E-state index in [2.05, 4.69) is 30.9 Å². The number of nitrogens with zero attached hydrogens (tertiary/aromatic N) is 1. The quantitative estimate of drug-likeness (QED) is 0.869. The predicted molar refractivity (Wildman–Crippen MR) is 87.1 cm³/mol. The van der Waals surface area contributed by atoms with Gasteiger partial charge in [-0.25, -0.2) is 0 Å². The summed E-state index contributed by atoms with van der Waals surface area (Å²) in [6.45, 7) is 10.6. The number of rotatable bonds is 3. The van der Waals surface area contributed by atoms with Crippen molar-refractivity contribution in [1.29, 1.82) is 0 Å². The molecule has 1 N–H and O–H groups in total. The molecule has 0 aromatic rings. The molecule has 0 aliphatic carbocycles. The highest BCUT2D eigenvalue weighted by molar-refractivity contribution is 7.99. The largest absolute Gasteiger partial charge is 0.342 e. The standard InChI is InChI=1S/C16H30N2OS/c1-12(2)15(19)18-7-5-13(6-8-18)17-14-9-16(3,4)11-20-10-14/h12-14,17H,5-11H2,1-4H3. The fourth-order valence-corrected chi connectivity index (χ4v) is 4.62. The number of carbonyl (C=O) groups is 1. The zero-order chi connectivity index (χ0) is 14.8. The van der Waals surface area contributed by atoms with Crippen LogP contribution >= 0.6 is 11.8 Å². The van der Waals surface area contributed by atoms with Crippen molar-refractivity contribution in [3.63, 3.8) is 0 Å². The van der Waals surface area contributed by atoms with Crippen LogP contribution in [0.25, 0.3) is 0 Å². The molecule has 20 heavy (non-hydrogen) atoms. The van der Waals surface area contributed by atoms with Gasteiger partial charge < -0.3 is 10.2 Å². The lowest BCUT2D eigenvalue weighted by Gasteiger charge is -2.39. The van der Waals surface area contributed by atoms with Crippen LogP contribution in [0.1, 0.15) is 47.0 Å². The lowest BCUT2D eigenvalue weighted by molar-refractivity contribution is -0.135. The number of nitrogens with one attached hydrogen (secondary N) is 1. The lowest BCUT2D eigenvalue weighted by Crippen LogP contribution is -2.51. The summed E-state index contributed by atoms with van der Waals surface area (Å²) in [5, 5.41) is 3.84. The van der Waals surface area contributed by atoms with Crippen molar-refractivity contribution in [1.82, 2.24) is 10.2 Å². The minimum Gasteiger partial charge on any atom is -0.342 e. The predicted octanol–water partition coefficient (Wildman–Crippen LogP) is 2.75. The fraction of sp³-hybridized carbons (Fsp3) is 0.938. The van der Waals surface area contributed by atoms with Crippen molar-refractivity contribution in [2.45, 2.75) is 59.0 Å². The van der Waals surface area contributed by atoms with Gasteiger partial charge in [-0.1, -0.05) is 27.7 Å². The van der Waals surface area contributed by atoms with E-state index in [4.69, 9.17) is 0 Å². The second-order valence-corrected chi connectivity index (χ2v) is 8.53. The maximum Gasteiger partial charge on any atom is 0.225 e. The van der Waals surface area contributed by atoms with Gasteiger partial charge in [-0.15, -0.1) is 0 Å². The third-order valence-electron chi connectivity index (χ3n) is 4.38. The summed E-state index contributed by atoms with van der Waals surface area (Å²) in [5.74, 6) is 2.98. The molecule has 2 saturated heterocycles. The van der Waals surface area contributed by atoms with Gasteiger partial charge in [0.15, 0.2) is 0 Å². The topological polar surface area (TPSA) is 32.3 Å². The molecule has 0 bridgehead atoms. The van der Waals surface area contributed by atoms with E-state index in [-0.39, 0.29) is 5.92 Å². The van der Waals surface area contributed by atoms with Crippen LogP contribution in [0.5, 0.6) is 0 Å². The molecular weight excluding hydrogens is 268 g/mol. The van der Waals surface area contributed by atoms with Crippen LogP contribution in [0.3, 0.4) is 0 Å². The first-order chi connectivity index (χ1) is 9.37. The van der Waals surface area contributed by atoms with E-state index < -0.39 is 0 Å². The van der Waals surface area contributed by atoms with E-state index in [1.54, 1.807) is 0 Å². The van der Waals surface area contributed by atoms with Gasteiger partial charge in [-0.2, -0.15) is 11.8 Å². The van der Waals surface area contributed by atoms with Crippen LogP contribution in [-0.2, 0) is 4.79 Å². The molecule has 3 nitrogen and oxygen atoms in total.